The lowest BCUT2D eigenvalue weighted by Crippen LogP contribution is -2.11. The first-order valence-electron chi connectivity index (χ1n) is 6.38. The molecular weight excluding hydrogens is 310 g/mol. The van der Waals surface area contributed by atoms with Gasteiger partial charge in [0.1, 0.15) is 5.75 Å². The van der Waals surface area contributed by atoms with E-state index in [0.29, 0.717) is 22.0 Å². The average Bonchev–Trinajstić information content (AvgIpc) is 2.94. The smallest absolute Gasteiger partial charge is 0.305 e. The van der Waals surface area contributed by atoms with E-state index in [-0.39, 0.29) is 18.9 Å². The highest BCUT2D eigenvalue weighted by Gasteiger charge is 2.11. The number of amides is 1. The fraction of sp³-hybridized carbons (Fsp3) is 0.214. The van der Waals surface area contributed by atoms with E-state index in [0.717, 1.165) is 0 Å². The molecule has 7 nitrogen and oxygen atoms in total. The Morgan fingerprint density at radius 1 is 1.45 bits per heavy atom. The Morgan fingerprint density at radius 2 is 2.23 bits per heavy atom. The molecule has 8 heteroatoms. The topological polar surface area (TPSA) is 93.5 Å². The van der Waals surface area contributed by atoms with Gasteiger partial charge in [0.15, 0.2) is 0 Å². The monoisotopic (exact) mass is 323 g/mol. The van der Waals surface area contributed by atoms with Gasteiger partial charge in [-0.05, 0) is 18.2 Å². The molecule has 1 heterocycles. The third kappa shape index (κ3) is 3.98. The fourth-order valence-corrected chi connectivity index (χ4v) is 2.02. The van der Waals surface area contributed by atoms with Gasteiger partial charge >= 0.3 is 5.97 Å². The molecule has 0 atom stereocenters. The van der Waals surface area contributed by atoms with Crippen molar-refractivity contribution in [1.29, 1.82) is 0 Å². The zero-order valence-electron chi connectivity index (χ0n) is 11.7. The Hall–Kier alpha value is -2.54. The number of anilines is 1. The summed E-state index contributed by atoms with van der Waals surface area (Å²) in [6, 6.07) is 4.89. The third-order valence-corrected chi connectivity index (χ3v) is 3.16. The van der Waals surface area contributed by atoms with Crippen molar-refractivity contribution in [2.75, 3.05) is 12.4 Å². The van der Waals surface area contributed by atoms with Crippen LogP contribution in [0.25, 0.3) is 0 Å². The lowest BCUT2D eigenvalue weighted by molar-refractivity contribution is -0.137. The molecule has 2 rings (SSSR count). The van der Waals surface area contributed by atoms with Crippen molar-refractivity contribution in [3.05, 3.63) is 41.2 Å². The molecule has 0 radical (unpaired) electrons. The van der Waals surface area contributed by atoms with Crippen LogP contribution in [-0.4, -0.2) is 33.9 Å². The summed E-state index contributed by atoms with van der Waals surface area (Å²) in [5, 5.41) is 15.6. The van der Waals surface area contributed by atoms with Gasteiger partial charge in [0.25, 0.3) is 5.91 Å². The van der Waals surface area contributed by atoms with Crippen molar-refractivity contribution in [1.82, 2.24) is 9.78 Å². The average molecular weight is 324 g/mol. The van der Waals surface area contributed by atoms with Crippen LogP contribution in [0.3, 0.4) is 0 Å². The number of methoxy groups -OCH3 is 1. The molecule has 1 amide bonds. The SMILES string of the molecule is COc1ccc(NC(=O)c2cnn(CCC(=O)O)c2)cc1Cl. The Labute approximate surface area is 131 Å². The number of hydrogen-bond donors (Lipinski definition) is 2. The molecule has 0 aliphatic heterocycles. The van der Waals surface area contributed by atoms with Crippen molar-refractivity contribution in [2.45, 2.75) is 13.0 Å². The van der Waals surface area contributed by atoms with Crippen LogP contribution in [0.15, 0.2) is 30.6 Å². The van der Waals surface area contributed by atoms with Crippen LogP contribution >= 0.6 is 11.6 Å². The van der Waals surface area contributed by atoms with Crippen molar-refractivity contribution < 1.29 is 19.4 Å². The first-order valence-corrected chi connectivity index (χ1v) is 6.76. The number of nitrogens with zero attached hydrogens (tertiary/aromatic N) is 2. The highest BCUT2D eigenvalue weighted by atomic mass is 35.5. The highest BCUT2D eigenvalue weighted by molar-refractivity contribution is 6.32. The Morgan fingerprint density at radius 3 is 2.86 bits per heavy atom. The molecule has 0 aliphatic carbocycles. The van der Waals surface area contributed by atoms with Gasteiger partial charge < -0.3 is 15.2 Å². The number of carboxylic acid groups (broad SMARTS) is 1. The molecule has 116 valence electrons. The first-order chi connectivity index (χ1) is 10.5. The number of nitrogens with one attached hydrogen (secondary N) is 1. The minimum atomic E-state index is -0.922. The Balaban J connectivity index is 2.03. The summed E-state index contributed by atoms with van der Waals surface area (Å²) < 4.78 is 6.44. The molecule has 0 fully saturated rings. The van der Waals surface area contributed by atoms with E-state index >= 15 is 0 Å². The van der Waals surface area contributed by atoms with E-state index in [2.05, 4.69) is 10.4 Å². The Kier molecular flexibility index (Phi) is 5.00. The summed E-state index contributed by atoms with van der Waals surface area (Å²) in [6.45, 7) is 0.205. The summed E-state index contributed by atoms with van der Waals surface area (Å²) in [5.74, 6) is -0.765. The van der Waals surface area contributed by atoms with E-state index in [1.165, 1.54) is 24.2 Å². The predicted octanol–water partition coefficient (Wildman–Crippen LogP) is 2.27. The van der Waals surface area contributed by atoms with Gasteiger partial charge in [0.05, 0.1) is 36.9 Å². The van der Waals surface area contributed by atoms with Gasteiger partial charge in [-0.1, -0.05) is 11.6 Å². The lowest BCUT2D eigenvalue weighted by Gasteiger charge is -2.07. The molecule has 0 spiro atoms. The molecule has 0 aliphatic rings. The van der Waals surface area contributed by atoms with Gasteiger partial charge in [-0.25, -0.2) is 0 Å². The maximum atomic E-state index is 12.1. The molecule has 0 bridgehead atoms. The van der Waals surface area contributed by atoms with Crippen molar-refractivity contribution in [2.24, 2.45) is 0 Å². The van der Waals surface area contributed by atoms with Gasteiger partial charge in [0.2, 0.25) is 0 Å². The van der Waals surface area contributed by atoms with E-state index in [4.69, 9.17) is 21.4 Å². The van der Waals surface area contributed by atoms with Crippen LogP contribution in [0.1, 0.15) is 16.8 Å². The maximum Gasteiger partial charge on any atom is 0.305 e. The van der Waals surface area contributed by atoms with Crippen molar-refractivity contribution in [3.63, 3.8) is 0 Å². The van der Waals surface area contributed by atoms with Gasteiger partial charge in [-0.3, -0.25) is 14.3 Å². The number of aliphatic carboxylic acids is 1. The second-order valence-corrected chi connectivity index (χ2v) is 4.85. The molecule has 0 unspecified atom stereocenters. The molecule has 2 N–H and O–H groups in total. The van der Waals surface area contributed by atoms with Crippen LogP contribution in [0.2, 0.25) is 5.02 Å². The van der Waals surface area contributed by atoms with Gasteiger partial charge in [0, 0.05) is 11.9 Å². The zero-order chi connectivity index (χ0) is 16.1. The standard InChI is InChI=1S/C14H14ClN3O4/c1-22-12-3-2-10(6-11(12)15)17-14(21)9-7-16-18(8-9)5-4-13(19)20/h2-3,6-8H,4-5H2,1H3,(H,17,21)(H,19,20). The third-order valence-electron chi connectivity index (χ3n) is 2.86. The molecule has 2 aromatic rings. The van der Waals surface area contributed by atoms with Crippen LogP contribution in [-0.2, 0) is 11.3 Å². The van der Waals surface area contributed by atoms with Crippen LogP contribution in [0, 0.1) is 0 Å². The number of hydrogen-bond acceptors (Lipinski definition) is 4. The number of halogens is 1. The van der Waals surface area contributed by atoms with E-state index in [1.807, 2.05) is 0 Å². The summed E-state index contributed by atoms with van der Waals surface area (Å²) >= 11 is 5.99. The van der Waals surface area contributed by atoms with Crippen LogP contribution in [0.5, 0.6) is 5.75 Å². The highest BCUT2D eigenvalue weighted by Crippen LogP contribution is 2.27. The molecule has 0 saturated carbocycles. The molecule has 22 heavy (non-hydrogen) atoms. The minimum Gasteiger partial charge on any atom is -0.495 e. The summed E-state index contributed by atoms with van der Waals surface area (Å²) in [7, 11) is 1.50. The molecule has 0 saturated heterocycles. The van der Waals surface area contributed by atoms with E-state index < -0.39 is 5.97 Å². The summed E-state index contributed by atoms with van der Waals surface area (Å²) in [5.41, 5.74) is 0.853. The van der Waals surface area contributed by atoms with Crippen LogP contribution in [0.4, 0.5) is 5.69 Å². The quantitative estimate of drug-likeness (QED) is 0.850. The number of aryl methyl sites for hydroxylation is 1. The molecular formula is C14H14ClN3O4. The largest absolute Gasteiger partial charge is 0.495 e. The zero-order valence-corrected chi connectivity index (χ0v) is 12.5. The number of aromatic nitrogens is 2. The number of benzene rings is 1. The maximum absolute atomic E-state index is 12.1. The van der Waals surface area contributed by atoms with Crippen molar-refractivity contribution in [3.8, 4) is 5.75 Å². The number of carbonyl (C=O) groups is 2. The second-order valence-electron chi connectivity index (χ2n) is 4.44. The van der Waals surface area contributed by atoms with E-state index in [1.54, 1.807) is 18.2 Å². The predicted molar refractivity (Wildman–Crippen MR) is 80.4 cm³/mol. The summed E-state index contributed by atoms with van der Waals surface area (Å²) in [4.78, 5) is 22.6. The fourth-order valence-electron chi connectivity index (χ4n) is 1.76. The van der Waals surface area contributed by atoms with Gasteiger partial charge in [-0.2, -0.15) is 5.10 Å². The first kappa shape index (κ1) is 15.8. The number of carbonyl (C=O) groups excluding carboxylic acids is 1. The van der Waals surface area contributed by atoms with Crippen LogP contribution < -0.4 is 10.1 Å². The number of ether oxygens (including phenoxy) is 1. The minimum absolute atomic E-state index is 0.0587. The summed E-state index contributed by atoms with van der Waals surface area (Å²) in [6.07, 6.45) is 2.81. The molecule has 1 aromatic carbocycles. The molecule has 1 aromatic heterocycles. The number of rotatable bonds is 6. The number of carboxylic acids is 1. The van der Waals surface area contributed by atoms with Crippen molar-refractivity contribution >= 4 is 29.2 Å². The lowest BCUT2D eigenvalue weighted by atomic mass is 10.2. The Bertz CT molecular complexity index is 699. The van der Waals surface area contributed by atoms with E-state index in [9.17, 15) is 9.59 Å². The second kappa shape index (κ2) is 6.95. The normalized spacial score (nSPS) is 10.3. The van der Waals surface area contributed by atoms with Gasteiger partial charge in [-0.15, -0.1) is 0 Å².